The number of methoxy groups -OCH3 is 2. The fraction of sp³-hybridized carbons (Fsp3) is 0.429. The topological polar surface area (TPSA) is 89.8 Å². The third-order valence-corrected chi connectivity index (χ3v) is 8.48. The van der Waals surface area contributed by atoms with Gasteiger partial charge >= 0.3 is 5.97 Å². The van der Waals surface area contributed by atoms with Gasteiger partial charge in [0.05, 0.1) is 25.3 Å². The molecule has 2 saturated carbocycles. The van der Waals surface area contributed by atoms with Crippen LogP contribution >= 0.6 is 0 Å². The highest BCUT2D eigenvalue weighted by Crippen LogP contribution is 2.65. The van der Waals surface area contributed by atoms with Crippen molar-refractivity contribution in [1.82, 2.24) is 10.0 Å². The van der Waals surface area contributed by atoms with Gasteiger partial charge in [-0.05, 0) is 66.6 Å². The van der Waals surface area contributed by atoms with E-state index in [1.54, 1.807) is 18.7 Å². The molecule has 2 fully saturated rings. The van der Waals surface area contributed by atoms with E-state index >= 15 is 0 Å². The molecule has 0 radical (unpaired) electrons. The van der Waals surface area contributed by atoms with E-state index in [1.807, 2.05) is 18.2 Å². The Morgan fingerprint density at radius 2 is 1.89 bits per heavy atom. The first-order chi connectivity index (χ1) is 17.0. The molecule has 0 spiro atoms. The number of aromatic nitrogens is 1. The molecule has 6 rings (SSSR count). The Balaban J connectivity index is 1.68. The van der Waals surface area contributed by atoms with Crippen LogP contribution in [0, 0.1) is 5.41 Å². The third-order valence-electron chi connectivity index (χ3n) is 8.48. The monoisotopic (exact) mass is 474 g/mol. The summed E-state index contributed by atoms with van der Waals surface area (Å²) in [5, 5.41) is 10.4. The van der Waals surface area contributed by atoms with E-state index in [9.17, 15) is 14.8 Å². The number of nitrogens with one attached hydrogen (secondary N) is 1. The van der Waals surface area contributed by atoms with E-state index in [1.165, 1.54) is 31.9 Å². The highest BCUT2D eigenvalue weighted by atomic mass is 16.5. The number of ether oxygens (including phenoxy) is 2. The average Bonchev–Trinajstić information content (AvgIpc) is 3.58. The first-order valence-corrected chi connectivity index (χ1v) is 12.4. The second kappa shape index (κ2) is 8.12. The highest BCUT2D eigenvalue weighted by Gasteiger charge is 2.63. The summed E-state index contributed by atoms with van der Waals surface area (Å²) in [4.78, 5) is 25.5. The molecule has 7 heteroatoms. The summed E-state index contributed by atoms with van der Waals surface area (Å²) in [6.07, 6.45) is 6.63. The van der Waals surface area contributed by atoms with Gasteiger partial charge in [0.15, 0.2) is 0 Å². The van der Waals surface area contributed by atoms with E-state index in [0.717, 1.165) is 46.3 Å². The molecular formula is C28H30N2O5. The number of hydroxylamine groups is 1. The quantitative estimate of drug-likeness (QED) is 0.310. The zero-order chi connectivity index (χ0) is 24.3. The molecule has 0 bridgehead atoms. The van der Waals surface area contributed by atoms with Crippen LogP contribution in [0.15, 0.2) is 36.4 Å². The summed E-state index contributed by atoms with van der Waals surface area (Å²) >= 11 is 0. The minimum atomic E-state index is -0.647. The summed E-state index contributed by atoms with van der Waals surface area (Å²) in [5.41, 5.74) is 7.11. The Labute approximate surface area is 204 Å². The van der Waals surface area contributed by atoms with Gasteiger partial charge in [0, 0.05) is 34.5 Å². The van der Waals surface area contributed by atoms with Gasteiger partial charge in [-0.1, -0.05) is 25.3 Å². The number of carbonyl (C=O) groups excluding carboxylic acids is 2. The predicted octanol–water partition coefficient (Wildman–Crippen LogP) is 5.14. The minimum Gasteiger partial charge on any atom is -0.497 e. The largest absolute Gasteiger partial charge is 0.497 e. The molecule has 1 amide bonds. The Morgan fingerprint density at radius 3 is 2.60 bits per heavy atom. The van der Waals surface area contributed by atoms with E-state index in [4.69, 9.17) is 9.47 Å². The molecule has 2 atom stereocenters. The second-order valence-corrected chi connectivity index (χ2v) is 10.2. The number of benzene rings is 2. The zero-order valence-electron chi connectivity index (χ0n) is 20.1. The van der Waals surface area contributed by atoms with Gasteiger partial charge in [0.25, 0.3) is 5.91 Å². The normalized spacial score (nSPS) is 23.0. The molecule has 35 heavy (non-hydrogen) atoms. The summed E-state index contributed by atoms with van der Waals surface area (Å²) in [7, 11) is 3.12. The minimum absolute atomic E-state index is 0.0538. The number of esters is 1. The molecular weight excluding hydrogens is 444 g/mol. The molecule has 2 heterocycles. The Bertz CT molecular complexity index is 1350. The van der Waals surface area contributed by atoms with Crippen molar-refractivity contribution < 1.29 is 24.3 Å². The number of rotatable bonds is 4. The van der Waals surface area contributed by atoms with Crippen molar-refractivity contribution in [3.63, 3.8) is 0 Å². The summed E-state index contributed by atoms with van der Waals surface area (Å²) in [5.74, 6) is 0.499. The van der Waals surface area contributed by atoms with Crippen molar-refractivity contribution in [1.29, 1.82) is 0 Å². The number of carbonyl (C=O) groups is 2. The molecule has 1 aromatic heterocycles. The van der Waals surface area contributed by atoms with Crippen LogP contribution in [0.2, 0.25) is 0 Å². The van der Waals surface area contributed by atoms with Crippen molar-refractivity contribution in [3.8, 4) is 17.0 Å². The molecule has 0 saturated heterocycles. The third kappa shape index (κ3) is 3.21. The van der Waals surface area contributed by atoms with Gasteiger partial charge in [0.2, 0.25) is 0 Å². The highest BCUT2D eigenvalue weighted by molar-refractivity contribution is 6.01. The van der Waals surface area contributed by atoms with Gasteiger partial charge in [-0.3, -0.25) is 14.8 Å². The van der Waals surface area contributed by atoms with E-state index < -0.39 is 11.3 Å². The van der Waals surface area contributed by atoms with Crippen LogP contribution in [0.3, 0.4) is 0 Å². The SMILES string of the molecule is COC(=O)C12CC1c1cc(OC)ccc1-c1c(C3CCCCC3)c3ccc(C(=O)NO)cc3n1C2. The van der Waals surface area contributed by atoms with E-state index in [0.29, 0.717) is 24.4 Å². The van der Waals surface area contributed by atoms with Gasteiger partial charge in [-0.15, -0.1) is 0 Å². The molecule has 182 valence electrons. The number of hydrogen-bond acceptors (Lipinski definition) is 5. The standard InChI is InChI=1S/C28H30N2O5/c1-34-18-9-11-19-21(13-18)22-14-28(22,27(32)35-2)15-30-23-12-17(26(31)29-33)8-10-20(23)24(25(19)30)16-6-4-3-5-7-16/h8-13,16,22,33H,3-7,14-15H2,1-2H3,(H,29,31). The lowest BCUT2D eigenvalue weighted by Gasteiger charge is -2.24. The van der Waals surface area contributed by atoms with Crippen molar-refractivity contribution in [2.45, 2.75) is 56.9 Å². The van der Waals surface area contributed by atoms with Crippen LogP contribution in [0.25, 0.3) is 22.2 Å². The lowest BCUT2D eigenvalue weighted by Crippen LogP contribution is -2.24. The van der Waals surface area contributed by atoms with Crippen LogP contribution < -0.4 is 10.2 Å². The van der Waals surface area contributed by atoms with Crippen molar-refractivity contribution in [3.05, 3.63) is 53.1 Å². The molecule has 7 nitrogen and oxygen atoms in total. The van der Waals surface area contributed by atoms with Gasteiger partial charge < -0.3 is 14.0 Å². The predicted molar refractivity (Wildman–Crippen MR) is 131 cm³/mol. The second-order valence-electron chi connectivity index (χ2n) is 10.2. The lowest BCUT2D eigenvalue weighted by molar-refractivity contribution is -0.147. The van der Waals surface area contributed by atoms with Crippen molar-refractivity contribution in [2.75, 3.05) is 14.2 Å². The summed E-state index contributed by atoms with van der Waals surface area (Å²) in [6.45, 7) is 0.490. The van der Waals surface area contributed by atoms with Gasteiger partial charge in [-0.25, -0.2) is 5.48 Å². The molecule has 2 unspecified atom stereocenters. The van der Waals surface area contributed by atoms with E-state index in [2.05, 4.69) is 16.7 Å². The maximum atomic E-state index is 13.2. The Kier molecular flexibility index (Phi) is 5.14. The van der Waals surface area contributed by atoms with Gasteiger partial charge in [-0.2, -0.15) is 0 Å². The first-order valence-electron chi connectivity index (χ1n) is 12.4. The first kappa shape index (κ1) is 22.2. The van der Waals surface area contributed by atoms with Crippen LogP contribution in [0.1, 0.15) is 71.8 Å². The van der Waals surface area contributed by atoms with Crippen LogP contribution in [0.4, 0.5) is 0 Å². The smallest absolute Gasteiger partial charge is 0.314 e. The zero-order valence-corrected chi connectivity index (χ0v) is 20.1. The van der Waals surface area contributed by atoms with Crippen LogP contribution in [-0.2, 0) is 16.1 Å². The average molecular weight is 475 g/mol. The Hall–Kier alpha value is -3.32. The molecule has 2 N–H and O–H groups in total. The van der Waals surface area contributed by atoms with Crippen LogP contribution in [-0.4, -0.2) is 35.9 Å². The van der Waals surface area contributed by atoms with Gasteiger partial charge in [0.1, 0.15) is 5.75 Å². The fourth-order valence-electron chi connectivity index (χ4n) is 6.68. The molecule has 2 aliphatic carbocycles. The van der Waals surface area contributed by atoms with E-state index in [-0.39, 0.29) is 11.9 Å². The number of hydrogen-bond donors (Lipinski definition) is 2. The number of amides is 1. The van der Waals surface area contributed by atoms with Crippen molar-refractivity contribution >= 4 is 22.8 Å². The fourth-order valence-corrected chi connectivity index (χ4v) is 6.68. The summed E-state index contributed by atoms with van der Waals surface area (Å²) in [6, 6.07) is 11.8. The summed E-state index contributed by atoms with van der Waals surface area (Å²) < 4.78 is 13.1. The maximum absolute atomic E-state index is 13.2. The molecule has 2 aromatic carbocycles. The molecule has 3 aliphatic rings. The molecule has 1 aliphatic heterocycles. The van der Waals surface area contributed by atoms with Crippen molar-refractivity contribution in [2.24, 2.45) is 5.41 Å². The van der Waals surface area contributed by atoms with Crippen LogP contribution in [0.5, 0.6) is 5.75 Å². The Morgan fingerprint density at radius 1 is 1.09 bits per heavy atom. The maximum Gasteiger partial charge on any atom is 0.314 e. The molecule has 3 aromatic rings. The number of nitrogens with zero attached hydrogens (tertiary/aromatic N) is 1. The number of fused-ring (bicyclic) bond motifs is 7. The lowest BCUT2D eigenvalue weighted by atomic mass is 9.81.